The lowest BCUT2D eigenvalue weighted by Crippen LogP contribution is -2.41. The summed E-state index contributed by atoms with van der Waals surface area (Å²) in [6, 6.07) is 0.816. The van der Waals surface area contributed by atoms with Crippen molar-refractivity contribution in [2.45, 2.75) is 25.8 Å². The number of carbonyl (C=O) groups is 2. The zero-order valence-electron chi connectivity index (χ0n) is 11.7. The van der Waals surface area contributed by atoms with Gasteiger partial charge in [0.25, 0.3) is 0 Å². The van der Waals surface area contributed by atoms with E-state index in [1.165, 1.54) is 0 Å². The highest BCUT2D eigenvalue weighted by atomic mass is 79.9. The summed E-state index contributed by atoms with van der Waals surface area (Å²) < 4.78 is 26.5. The Labute approximate surface area is 141 Å². The fraction of sp³-hybridized carbons (Fsp3) is 0.385. The Hall–Kier alpha value is -1.25. The highest BCUT2D eigenvalue weighted by Gasteiger charge is 2.18. The van der Waals surface area contributed by atoms with E-state index < -0.39 is 29.6 Å². The first-order valence-corrected chi connectivity index (χ1v) is 7.05. The normalized spacial score (nSPS) is 11.5. The second-order valence-electron chi connectivity index (χ2n) is 4.35. The highest BCUT2D eigenvalue weighted by Crippen LogP contribution is 2.26. The van der Waals surface area contributed by atoms with Gasteiger partial charge in [-0.05, 0) is 28.4 Å². The molecule has 0 heterocycles. The molecule has 0 aliphatic rings. The number of halogens is 4. The Balaban J connectivity index is 0.00000441. The van der Waals surface area contributed by atoms with Crippen molar-refractivity contribution >= 4 is 45.9 Å². The lowest BCUT2D eigenvalue weighted by atomic mass is 10.2. The number of carboxylic acid groups (broad SMARTS) is 1. The predicted octanol–water partition coefficient (Wildman–Crippen LogP) is 2.93. The number of amides is 1. The molecule has 9 heteroatoms. The Morgan fingerprint density at radius 1 is 1.36 bits per heavy atom. The molecule has 0 radical (unpaired) electrons. The molecule has 0 bridgehead atoms. The van der Waals surface area contributed by atoms with E-state index in [1.807, 2.05) is 6.92 Å². The van der Waals surface area contributed by atoms with E-state index in [1.54, 1.807) is 0 Å². The topological polar surface area (TPSA) is 78.4 Å². The monoisotopic (exact) mass is 400 g/mol. The van der Waals surface area contributed by atoms with Crippen molar-refractivity contribution in [3.8, 4) is 0 Å². The molecular formula is C13H16BrClF2N2O3. The van der Waals surface area contributed by atoms with Crippen LogP contribution >= 0.6 is 28.3 Å². The van der Waals surface area contributed by atoms with Crippen LogP contribution in [0.5, 0.6) is 0 Å². The van der Waals surface area contributed by atoms with Crippen LogP contribution in [0.25, 0.3) is 0 Å². The quantitative estimate of drug-likeness (QED) is 0.656. The molecule has 22 heavy (non-hydrogen) atoms. The molecule has 0 aliphatic heterocycles. The molecule has 1 aromatic carbocycles. The lowest BCUT2D eigenvalue weighted by molar-refractivity contribution is -0.139. The van der Waals surface area contributed by atoms with Gasteiger partial charge in [-0.15, -0.1) is 12.4 Å². The van der Waals surface area contributed by atoms with E-state index in [-0.39, 0.29) is 29.1 Å². The van der Waals surface area contributed by atoms with E-state index in [0.717, 1.165) is 6.07 Å². The van der Waals surface area contributed by atoms with Crippen LogP contribution in [-0.2, 0) is 9.59 Å². The fourth-order valence-corrected chi connectivity index (χ4v) is 2.17. The molecule has 3 N–H and O–H groups in total. The molecule has 0 saturated heterocycles. The van der Waals surface area contributed by atoms with Crippen LogP contribution in [0.3, 0.4) is 0 Å². The van der Waals surface area contributed by atoms with Crippen LogP contribution in [0.15, 0.2) is 16.6 Å². The number of hydrogen-bond acceptors (Lipinski definition) is 3. The van der Waals surface area contributed by atoms with Crippen molar-refractivity contribution < 1.29 is 23.5 Å². The lowest BCUT2D eigenvalue weighted by Gasteiger charge is -2.14. The van der Waals surface area contributed by atoms with Crippen LogP contribution in [0.2, 0.25) is 0 Å². The number of benzene rings is 1. The smallest absolute Gasteiger partial charge is 0.320 e. The van der Waals surface area contributed by atoms with Gasteiger partial charge in [-0.25, -0.2) is 8.78 Å². The minimum absolute atomic E-state index is 0. The Bertz CT molecular complexity index is 523. The molecule has 0 fully saturated rings. The van der Waals surface area contributed by atoms with Gasteiger partial charge in [0, 0.05) is 10.5 Å². The summed E-state index contributed by atoms with van der Waals surface area (Å²) in [5, 5.41) is 13.7. The molecule has 124 valence electrons. The van der Waals surface area contributed by atoms with E-state index >= 15 is 0 Å². The summed E-state index contributed by atoms with van der Waals surface area (Å²) in [6.07, 6.45) is 1.01. The number of rotatable bonds is 7. The second kappa shape index (κ2) is 9.70. The number of aliphatic carboxylic acids is 1. The SMILES string of the molecule is CCCC(NCC(=O)Nc1c(F)cc(F)cc1Br)C(=O)O.Cl. The Kier molecular flexibility index (Phi) is 9.15. The van der Waals surface area contributed by atoms with Crippen LogP contribution < -0.4 is 10.6 Å². The minimum Gasteiger partial charge on any atom is -0.480 e. The average Bonchev–Trinajstić information content (AvgIpc) is 2.38. The summed E-state index contributed by atoms with van der Waals surface area (Å²) in [6.45, 7) is 1.53. The number of nitrogens with one attached hydrogen (secondary N) is 2. The number of carbonyl (C=O) groups excluding carboxylic acids is 1. The van der Waals surface area contributed by atoms with Gasteiger partial charge in [-0.1, -0.05) is 13.3 Å². The van der Waals surface area contributed by atoms with Crippen molar-refractivity contribution in [1.82, 2.24) is 5.32 Å². The summed E-state index contributed by atoms with van der Waals surface area (Å²) in [4.78, 5) is 22.6. The number of carboxylic acids is 1. The zero-order chi connectivity index (χ0) is 16.0. The maximum atomic E-state index is 13.5. The van der Waals surface area contributed by atoms with E-state index in [4.69, 9.17) is 5.11 Å². The Morgan fingerprint density at radius 2 is 2.00 bits per heavy atom. The predicted molar refractivity (Wildman–Crippen MR) is 84.3 cm³/mol. The number of hydrogen-bond donors (Lipinski definition) is 3. The van der Waals surface area contributed by atoms with E-state index in [9.17, 15) is 18.4 Å². The van der Waals surface area contributed by atoms with E-state index in [2.05, 4.69) is 26.6 Å². The second-order valence-corrected chi connectivity index (χ2v) is 5.21. The van der Waals surface area contributed by atoms with Crippen molar-refractivity contribution in [2.24, 2.45) is 0 Å². The molecule has 0 saturated carbocycles. The molecule has 0 aromatic heterocycles. The van der Waals surface area contributed by atoms with Gasteiger partial charge < -0.3 is 10.4 Å². The highest BCUT2D eigenvalue weighted by molar-refractivity contribution is 9.10. The molecule has 5 nitrogen and oxygen atoms in total. The van der Waals surface area contributed by atoms with Crippen LogP contribution in [0.1, 0.15) is 19.8 Å². The molecule has 1 rings (SSSR count). The molecule has 0 spiro atoms. The third-order valence-corrected chi connectivity index (χ3v) is 3.28. The zero-order valence-corrected chi connectivity index (χ0v) is 14.1. The van der Waals surface area contributed by atoms with Gasteiger partial charge in [0.15, 0.2) is 5.82 Å². The van der Waals surface area contributed by atoms with Gasteiger partial charge in [0.2, 0.25) is 5.91 Å². The van der Waals surface area contributed by atoms with Crippen molar-refractivity contribution in [2.75, 3.05) is 11.9 Å². The maximum Gasteiger partial charge on any atom is 0.320 e. The summed E-state index contributed by atoms with van der Waals surface area (Å²) in [7, 11) is 0. The minimum atomic E-state index is -1.06. The number of anilines is 1. The first-order valence-electron chi connectivity index (χ1n) is 6.25. The molecule has 1 unspecified atom stereocenters. The van der Waals surface area contributed by atoms with Crippen molar-refractivity contribution in [3.63, 3.8) is 0 Å². The van der Waals surface area contributed by atoms with Crippen LogP contribution in [-0.4, -0.2) is 29.6 Å². The van der Waals surface area contributed by atoms with Gasteiger partial charge in [0.05, 0.1) is 12.2 Å². The van der Waals surface area contributed by atoms with Crippen molar-refractivity contribution in [3.05, 3.63) is 28.2 Å². The van der Waals surface area contributed by atoms with Gasteiger partial charge >= 0.3 is 5.97 Å². The molecule has 0 aliphatic carbocycles. The Morgan fingerprint density at radius 3 is 2.50 bits per heavy atom. The first-order chi connectivity index (χ1) is 9.85. The molecule has 1 amide bonds. The first kappa shape index (κ1) is 20.8. The maximum absolute atomic E-state index is 13.5. The molecular weight excluding hydrogens is 386 g/mol. The standard InChI is InChI=1S/C13H15BrF2N2O3.ClH/c1-2-3-10(13(20)21)17-6-11(19)18-12-8(14)4-7(15)5-9(12)16;/h4-5,10,17H,2-3,6H2,1H3,(H,18,19)(H,20,21);1H. The largest absolute Gasteiger partial charge is 0.480 e. The average molecular weight is 402 g/mol. The van der Waals surface area contributed by atoms with Crippen LogP contribution in [0, 0.1) is 11.6 Å². The summed E-state index contributed by atoms with van der Waals surface area (Å²) in [5.74, 6) is -3.37. The summed E-state index contributed by atoms with van der Waals surface area (Å²) in [5.41, 5.74) is -0.189. The fourth-order valence-electron chi connectivity index (χ4n) is 1.66. The third kappa shape index (κ3) is 6.25. The van der Waals surface area contributed by atoms with Gasteiger partial charge in [-0.3, -0.25) is 14.9 Å². The van der Waals surface area contributed by atoms with Gasteiger partial charge in [-0.2, -0.15) is 0 Å². The molecule has 1 atom stereocenters. The van der Waals surface area contributed by atoms with E-state index in [0.29, 0.717) is 18.9 Å². The van der Waals surface area contributed by atoms with Crippen LogP contribution in [0.4, 0.5) is 14.5 Å². The van der Waals surface area contributed by atoms with Gasteiger partial charge in [0.1, 0.15) is 11.9 Å². The third-order valence-electron chi connectivity index (χ3n) is 2.66. The summed E-state index contributed by atoms with van der Waals surface area (Å²) >= 11 is 2.95. The van der Waals surface area contributed by atoms with Crippen molar-refractivity contribution in [1.29, 1.82) is 0 Å². The molecule has 1 aromatic rings.